The number of benzene rings is 1. The SMILES string of the molecule is CC(NC(=S)Nc1ccccc1)c1ccccn1. The number of thiocarbonyl (C=S) groups is 1. The molecule has 4 heteroatoms. The van der Waals surface area contributed by atoms with Crippen LogP contribution in [0.5, 0.6) is 0 Å². The average molecular weight is 257 g/mol. The van der Waals surface area contributed by atoms with Crippen molar-refractivity contribution in [3.8, 4) is 0 Å². The number of anilines is 1. The number of pyridine rings is 1. The van der Waals surface area contributed by atoms with Crippen molar-refractivity contribution in [2.75, 3.05) is 5.32 Å². The van der Waals surface area contributed by atoms with E-state index in [0.29, 0.717) is 5.11 Å². The second kappa shape index (κ2) is 6.12. The van der Waals surface area contributed by atoms with E-state index in [1.807, 2.05) is 55.5 Å². The topological polar surface area (TPSA) is 37.0 Å². The smallest absolute Gasteiger partial charge is 0.171 e. The van der Waals surface area contributed by atoms with E-state index in [1.165, 1.54) is 0 Å². The predicted molar refractivity (Wildman–Crippen MR) is 78.5 cm³/mol. The molecule has 1 aromatic carbocycles. The lowest BCUT2D eigenvalue weighted by Crippen LogP contribution is -2.31. The molecule has 92 valence electrons. The number of nitrogens with one attached hydrogen (secondary N) is 2. The molecule has 1 unspecified atom stereocenters. The van der Waals surface area contributed by atoms with Gasteiger partial charge in [0.25, 0.3) is 0 Å². The molecule has 0 amide bonds. The van der Waals surface area contributed by atoms with Crippen LogP contribution >= 0.6 is 12.2 Å². The lowest BCUT2D eigenvalue weighted by molar-refractivity contribution is 0.696. The summed E-state index contributed by atoms with van der Waals surface area (Å²) in [6.07, 6.45) is 1.78. The minimum atomic E-state index is 0.0786. The van der Waals surface area contributed by atoms with Gasteiger partial charge in [0.2, 0.25) is 0 Å². The summed E-state index contributed by atoms with van der Waals surface area (Å²) >= 11 is 5.26. The summed E-state index contributed by atoms with van der Waals surface area (Å²) in [5.41, 5.74) is 1.94. The number of hydrogen-bond donors (Lipinski definition) is 2. The molecule has 0 radical (unpaired) electrons. The molecule has 0 bridgehead atoms. The molecule has 0 spiro atoms. The van der Waals surface area contributed by atoms with Crippen LogP contribution in [0.2, 0.25) is 0 Å². The molecule has 3 nitrogen and oxygen atoms in total. The maximum atomic E-state index is 5.26. The van der Waals surface area contributed by atoms with E-state index >= 15 is 0 Å². The summed E-state index contributed by atoms with van der Waals surface area (Å²) in [6.45, 7) is 2.03. The highest BCUT2D eigenvalue weighted by molar-refractivity contribution is 7.80. The molecule has 0 fully saturated rings. The maximum Gasteiger partial charge on any atom is 0.171 e. The zero-order valence-electron chi connectivity index (χ0n) is 10.1. The third-order valence-electron chi connectivity index (χ3n) is 2.51. The Morgan fingerprint density at radius 1 is 1.11 bits per heavy atom. The zero-order valence-corrected chi connectivity index (χ0v) is 10.9. The minimum absolute atomic E-state index is 0.0786. The molecule has 2 N–H and O–H groups in total. The summed E-state index contributed by atoms with van der Waals surface area (Å²) in [4.78, 5) is 4.29. The molecular formula is C14H15N3S. The van der Waals surface area contributed by atoms with Crippen LogP contribution < -0.4 is 10.6 Å². The summed E-state index contributed by atoms with van der Waals surface area (Å²) in [6, 6.07) is 15.8. The van der Waals surface area contributed by atoms with Gasteiger partial charge in [-0.1, -0.05) is 24.3 Å². The van der Waals surface area contributed by atoms with Crippen molar-refractivity contribution in [1.29, 1.82) is 0 Å². The van der Waals surface area contributed by atoms with Crippen molar-refractivity contribution >= 4 is 23.0 Å². The van der Waals surface area contributed by atoms with E-state index < -0.39 is 0 Å². The molecule has 0 aliphatic rings. The number of para-hydroxylation sites is 1. The van der Waals surface area contributed by atoms with E-state index in [1.54, 1.807) is 6.20 Å². The van der Waals surface area contributed by atoms with Crippen molar-refractivity contribution in [3.05, 3.63) is 60.4 Å². The zero-order chi connectivity index (χ0) is 12.8. The normalized spacial score (nSPS) is 11.6. The van der Waals surface area contributed by atoms with Gasteiger partial charge in [-0.05, 0) is 43.4 Å². The van der Waals surface area contributed by atoms with Gasteiger partial charge in [0.05, 0.1) is 11.7 Å². The third kappa shape index (κ3) is 3.53. The van der Waals surface area contributed by atoms with Crippen molar-refractivity contribution in [2.45, 2.75) is 13.0 Å². The molecule has 0 aliphatic heterocycles. The van der Waals surface area contributed by atoms with Crippen LogP contribution in [0.3, 0.4) is 0 Å². The molecule has 1 heterocycles. The van der Waals surface area contributed by atoms with Gasteiger partial charge >= 0.3 is 0 Å². The second-order valence-corrected chi connectivity index (χ2v) is 4.35. The maximum absolute atomic E-state index is 5.26. The Hall–Kier alpha value is -1.94. The Bertz CT molecular complexity index is 499. The van der Waals surface area contributed by atoms with Gasteiger partial charge in [0, 0.05) is 11.9 Å². The monoisotopic (exact) mass is 257 g/mol. The Kier molecular flexibility index (Phi) is 4.25. The van der Waals surface area contributed by atoms with Crippen LogP contribution in [0.15, 0.2) is 54.7 Å². The van der Waals surface area contributed by atoms with E-state index in [9.17, 15) is 0 Å². The van der Waals surface area contributed by atoms with Crippen molar-refractivity contribution in [3.63, 3.8) is 0 Å². The van der Waals surface area contributed by atoms with Gasteiger partial charge in [-0.2, -0.15) is 0 Å². The lowest BCUT2D eigenvalue weighted by Gasteiger charge is -2.16. The standard InChI is InChI=1S/C14H15N3S/c1-11(13-9-5-6-10-15-13)16-14(18)17-12-7-3-2-4-8-12/h2-11H,1H3,(H2,16,17,18). The summed E-state index contributed by atoms with van der Waals surface area (Å²) in [7, 11) is 0. The van der Waals surface area contributed by atoms with Crippen LogP contribution in [0.25, 0.3) is 0 Å². The first-order valence-corrected chi connectivity index (χ1v) is 6.20. The quantitative estimate of drug-likeness (QED) is 0.828. The fourth-order valence-electron chi connectivity index (χ4n) is 1.59. The molecule has 2 aromatic rings. The van der Waals surface area contributed by atoms with Gasteiger partial charge in [-0.3, -0.25) is 4.98 Å². The van der Waals surface area contributed by atoms with Crippen LogP contribution in [0.1, 0.15) is 18.7 Å². The molecular weight excluding hydrogens is 242 g/mol. The Morgan fingerprint density at radius 2 is 1.83 bits per heavy atom. The van der Waals surface area contributed by atoms with Gasteiger partial charge in [-0.25, -0.2) is 0 Å². The Morgan fingerprint density at radius 3 is 2.50 bits per heavy atom. The molecule has 18 heavy (non-hydrogen) atoms. The molecule has 0 saturated heterocycles. The fourth-order valence-corrected chi connectivity index (χ4v) is 1.89. The van der Waals surface area contributed by atoms with Gasteiger partial charge < -0.3 is 10.6 Å². The van der Waals surface area contributed by atoms with Crippen molar-refractivity contribution in [1.82, 2.24) is 10.3 Å². The minimum Gasteiger partial charge on any atom is -0.354 e. The predicted octanol–water partition coefficient (Wildman–Crippen LogP) is 3.13. The first kappa shape index (κ1) is 12.5. The lowest BCUT2D eigenvalue weighted by atomic mass is 10.2. The van der Waals surface area contributed by atoms with Crippen molar-refractivity contribution < 1.29 is 0 Å². The molecule has 1 aromatic heterocycles. The van der Waals surface area contributed by atoms with Crippen LogP contribution in [0.4, 0.5) is 5.69 Å². The van der Waals surface area contributed by atoms with E-state index in [2.05, 4.69) is 15.6 Å². The van der Waals surface area contributed by atoms with E-state index in [0.717, 1.165) is 11.4 Å². The van der Waals surface area contributed by atoms with Gasteiger partial charge in [0.1, 0.15) is 0 Å². The molecule has 2 rings (SSSR count). The van der Waals surface area contributed by atoms with Gasteiger partial charge in [0.15, 0.2) is 5.11 Å². The Labute approximate surface area is 112 Å². The summed E-state index contributed by atoms with van der Waals surface area (Å²) in [5, 5.41) is 6.93. The van der Waals surface area contributed by atoms with Crippen molar-refractivity contribution in [2.24, 2.45) is 0 Å². The second-order valence-electron chi connectivity index (χ2n) is 3.94. The third-order valence-corrected chi connectivity index (χ3v) is 2.73. The fraction of sp³-hybridized carbons (Fsp3) is 0.143. The number of rotatable bonds is 3. The highest BCUT2D eigenvalue weighted by Gasteiger charge is 2.07. The van der Waals surface area contributed by atoms with Crippen LogP contribution in [0, 0.1) is 0 Å². The summed E-state index contributed by atoms with van der Waals surface area (Å²) in [5.74, 6) is 0. The van der Waals surface area contributed by atoms with E-state index in [4.69, 9.17) is 12.2 Å². The first-order valence-electron chi connectivity index (χ1n) is 5.79. The molecule has 1 atom stereocenters. The Balaban J connectivity index is 1.92. The van der Waals surface area contributed by atoms with Crippen LogP contribution in [-0.4, -0.2) is 10.1 Å². The summed E-state index contributed by atoms with van der Waals surface area (Å²) < 4.78 is 0. The number of hydrogen-bond acceptors (Lipinski definition) is 2. The van der Waals surface area contributed by atoms with Gasteiger partial charge in [-0.15, -0.1) is 0 Å². The molecule has 0 saturated carbocycles. The number of nitrogens with zero attached hydrogens (tertiary/aromatic N) is 1. The van der Waals surface area contributed by atoms with Crippen LogP contribution in [-0.2, 0) is 0 Å². The van der Waals surface area contributed by atoms with E-state index in [-0.39, 0.29) is 6.04 Å². The first-order chi connectivity index (χ1) is 8.75. The highest BCUT2D eigenvalue weighted by Crippen LogP contribution is 2.09. The molecule has 0 aliphatic carbocycles. The number of aromatic nitrogens is 1. The average Bonchev–Trinajstić information content (AvgIpc) is 2.40. The largest absolute Gasteiger partial charge is 0.354 e. The highest BCUT2D eigenvalue weighted by atomic mass is 32.1.